The fourth-order valence-corrected chi connectivity index (χ4v) is 5.44. The van der Waals surface area contributed by atoms with Crippen LogP contribution in [-0.2, 0) is 0 Å². The molecule has 1 aromatic heterocycles. The average molecular weight is 736 g/mol. The lowest BCUT2D eigenvalue weighted by molar-refractivity contribution is -0.384. The zero-order valence-corrected chi connectivity index (χ0v) is 24.8. The van der Waals surface area contributed by atoms with Crippen LogP contribution in [0.15, 0.2) is 59.7 Å². The summed E-state index contributed by atoms with van der Waals surface area (Å²) in [6.45, 7) is 4.06. The number of halogens is 2. The van der Waals surface area contributed by atoms with Gasteiger partial charge < -0.3 is 15.4 Å². The Bertz CT molecular complexity index is 1510. The Morgan fingerprint density at radius 3 is 2.16 bits per heavy atom. The molecule has 11 nitrogen and oxygen atoms in total. The number of ether oxygens (including phenoxy) is 1. The van der Waals surface area contributed by atoms with Crippen molar-refractivity contribution in [2.75, 3.05) is 23.2 Å². The van der Waals surface area contributed by atoms with Crippen molar-refractivity contribution >= 4 is 86.3 Å². The average Bonchev–Trinajstić information content (AvgIpc) is 2.86. The molecular formula is C25H22I2N8O3. The smallest absolute Gasteiger partial charge is 0.269 e. The molecule has 1 heterocycles. The minimum atomic E-state index is -0.456. The molecule has 0 aliphatic rings. The predicted molar refractivity (Wildman–Crippen MR) is 165 cm³/mol. The summed E-state index contributed by atoms with van der Waals surface area (Å²) in [6.07, 6.45) is 1.63. The standard InChI is InChI=1S/C25H22I2N8O3/c1-14-4-5-19(10-15(14)2)30-24-31-23(29-18-6-8-20(9-7-18)35(36)37)32-25(33-24)34-28-13-16-11-17(26)12-21(27)22(16)38-3/h4-13H,1-3H3,(H3,29,30,31,32,33,34)/b28-13-. The van der Waals surface area contributed by atoms with E-state index in [2.05, 4.69) is 81.3 Å². The van der Waals surface area contributed by atoms with Crippen LogP contribution >= 0.6 is 45.2 Å². The first-order valence-corrected chi connectivity index (χ1v) is 13.3. The monoisotopic (exact) mass is 736 g/mol. The lowest BCUT2D eigenvalue weighted by Gasteiger charge is -2.11. The summed E-state index contributed by atoms with van der Waals surface area (Å²) < 4.78 is 7.52. The van der Waals surface area contributed by atoms with Gasteiger partial charge >= 0.3 is 0 Å². The van der Waals surface area contributed by atoms with E-state index in [1.807, 2.05) is 44.2 Å². The zero-order valence-electron chi connectivity index (χ0n) is 20.5. The predicted octanol–water partition coefficient (Wildman–Crippen LogP) is 6.55. The minimum Gasteiger partial charge on any atom is -0.495 e. The summed E-state index contributed by atoms with van der Waals surface area (Å²) >= 11 is 4.45. The number of hydrazone groups is 1. The lowest BCUT2D eigenvalue weighted by Crippen LogP contribution is -2.07. The highest BCUT2D eigenvalue weighted by Crippen LogP contribution is 2.27. The molecule has 0 aliphatic carbocycles. The third kappa shape index (κ3) is 7.03. The highest BCUT2D eigenvalue weighted by molar-refractivity contribution is 14.1. The summed E-state index contributed by atoms with van der Waals surface area (Å²) in [5.74, 6) is 1.40. The van der Waals surface area contributed by atoms with Gasteiger partial charge in [0.05, 0.1) is 21.8 Å². The number of nitrogens with zero attached hydrogens (tertiary/aromatic N) is 5. The van der Waals surface area contributed by atoms with E-state index >= 15 is 0 Å². The number of benzene rings is 3. The number of rotatable bonds is 9. The molecule has 0 atom stereocenters. The molecule has 4 aromatic rings. The second-order valence-electron chi connectivity index (χ2n) is 8.04. The third-order valence-electron chi connectivity index (χ3n) is 5.34. The molecule has 0 radical (unpaired) electrons. The highest BCUT2D eigenvalue weighted by atomic mass is 127. The highest BCUT2D eigenvalue weighted by Gasteiger charge is 2.11. The van der Waals surface area contributed by atoms with Crippen molar-refractivity contribution in [3.63, 3.8) is 0 Å². The second kappa shape index (κ2) is 12.3. The first-order chi connectivity index (χ1) is 18.2. The van der Waals surface area contributed by atoms with E-state index in [1.165, 1.54) is 17.7 Å². The van der Waals surface area contributed by atoms with Crippen molar-refractivity contribution < 1.29 is 9.66 Å². The molecule has 3 aromatic carbocycles. The van der Waals surface area contributed by atoms with E-state index < -0.39 is 4.92 Å². The molecule has 0 saturated carbocycles. The van der Waals surface area contributed by atoms with Crippen molar-refractivity contribution in [2.45, 2.75) is 13.8 Å². The number of non-ortho nitro benzene ring substituents is 1. The fraction of sp³-hybridized carbons (Fsp3) is 0.120. The number of aryl methyl sites for hydroxylation is 2. The molecule has 0 aliphatic heterocycles. The maximum Gasteiger partial charge on any atom is 0.269 e. The van der Waals surface area contributed by atoms with Gasteiger partial charge in [0.15, 0.2) is 0 Å². The maximum atomic E-state index is 11.0. The first kappa shape index (κ1) is 27.4. The van der Waals surface area contributed by atoms with E-state index in [4.69, 9.17) is 4.74 Å². The molecule has 3 N–H and O–H groups in total. The molecule has 0 fully saturated rings. The Balaban J connectivity index is 1.63. The third-order valence-corrected chi connectivity index (χ3v) is 6.77. The van der Waals surface area contributed by atoms with Crippen LogP contribution in [0.5, 0.6) is 5.75 Å². The first-order valence-electron chi connectivity index (χ1n) is 11.2. The van der Waals surface area contributed by atoms with Crippen molar-refractivity contribution in [3.05, 3.63) is 88.5 Å². The molecule has 0 amide bonds. The van der Waals surface area contributed by atoms with Crippen molar-refractivity contribution in [3.8, 4) is 5.75 Å². The Hall–Kier alpha value is -3.60. The summed E-state index contributed by atoms with van der Waals surface area (Å²) in [5, 5.41) is 21.5. The van der Waals surface area contributed by atoms with Gasteiger partial charge in [-0.1, -0.05) is 6.07 Å². The molecular weight excluding hydrogens is 714 g/mol. The van der Waals surface area contributed by atoms with E-state index in [9.17, 15) is 10.1 Å². The molecule has 0 spiro atoms. The van der Waals surface area contributed by atoms with Gasteiger partial charge in [0.1, 0.15) is 5.75 Å². The lowest BCUT2D eigenvalue weighted by atomic mass is 10.1. The Morgan fingerprint density at radius 1 is 0.895 bits per heavy atom. The van der Waals surface area contributed by atoms with Gasteiger partial charge in [-0.05, 0) is 107 Å². The number of hydrogen-bond donors (Lipinski definition) is 3. The molecule has 4 rings (SSSR count). The largest absolute Gasteiger partial charge is 0.495 e. The van der Waals surface area contributed by atoms with Crippen LogP contribution in [0.4, 0.5) is 34.9 Å². The van der Waals surface area contributed by atoms with Crippen LogP contribution in [0.25, 0.3) is 0 Å². The van der Waals surface area contributed by atoms with E-state index in [0.717, 1.165) is 24.0 Å². The molecule has 194 valence electrons. The molecule has 0 saturated heterocycles. The summed E-state index contributed by atoms with van der Waals surface area (Å²) in [4.78, 5) is 23.8. The normalized spacial score (nSPS) is 10.9. The minimum absolute atomic E-state index is 0.0133. The Labute approximate surface area is 246 Å². The molecule has 13 heteroatoms. The summed E-state index contributed by atoms with van der Waals surface area (Å²) in [6, 6.07) is 15.9. The molecule has 38 heavy (non-hydrogen) atoms. The summed E-state index contributed by atoms with van der Waals surface area (Å²) in [7, 11) is 1.61. The van der Waals surface area contributed by atoms with Gasteiger partial charge in [0.25, 0.3) is 5.69 Å². The van der Waals surface area contributed by atoms with Gasteiger partial charge in [-0.2, -0.15) is 20.1 Å². The van der Waals surface area contributed by atoms with Crippen molar-refractivity contribution in [1.29, 1.82) is 0 Å². The van der Waals surface area contributed by atoms with Gasteiger partial charge in [-0.3, -0.25) is 10.1 Å². The SMILES string of the molecule is COc1c(I)cc(I)cc1/C=N\Nc1nc(Nc2ccc([N+](=O)[O-])cc2)nc(Nc2ccc(C)c(C)c2)n1. The zero-order chi connectivity index (χ0) is 27.2. The van der Waals surface area contributed by atoms with Crippen LogP contribution < -0.4 is 20.8 Å². The van der Waals surface area contributed by atoms with E-state index in [0.29, 0.717) is 11.4 Å². The Kier molecular flexibility index (Phi) is 8.88. The number of anilines is 5. The van der Waals surface area contributed by atoms with Crippen LogP contribution in [0, 0.1) is 31.1 Å². The van der Waals surface area contributed by atoms with Crippen molar-refractivity contribution in [1.82, 2.24) is 15.0 Å². The Morgan fingerprint density at radius 2 is 1.53 bits per heavy atom. The van der Waals surface area contributed by atoms with Crippen LogP contribution in [-0.4, -0.2) is 33.2 Å². The second-order valence-corrected chi connectivity index (χ2v) is 10.4. The maximum absolute atomic E-state index is 11.0. The molecule has 0 unspecified atom stereocenters. The number of aromatic nitrogens is 3. The van der Waals surface area contributed by atoms with Gasteiger partial charge in [-0.15, -0.1) is 0 Å². The number of nitrogens with one attached hydrogen (secondary N) is 3. The van der Waals surface area contributed by atoms with Crippen LogP contribution in [0.2, 0.25) is 0 Å². The number of methoxy groups -OCH3 is 1. The van der Waals surface area contributed by atoms with Crippen LogP contribution in [0.1, 0.15) is 16.7 Å². The number of hydrogen-bond acceptors (Lipinski definition) is 10. The quantitative estimate of drug-likeness (QED) is 0.0756. The number of nitro groups is 1. The number of nitro benzene ring substituents is 1. The van der Waals surface area contributed by atoms with E-state index in [-0.39, 0.29) is 23.5 Å². The fourth-order valence-electron chi connectivity index (χ4n) is 3.33. The van der Waals surface area contributed by atoms with Crippen molar-refractivity contribution in [2.24, 2.45) is 5.10 Å². The van der Waals surface area contributed by atoms with Gasteiger partial charge in [-0.25, -0.2) is 5.43 Å². The van der Waals surface area contributed by atoms with E-state index in [1.54, 1.807) is 25.5 Å². The topological polar surface area (TPSA) is 139 Å². The summed E-state index contributed by atoms with van der Waals surface area (Å²) in [5.41, 5.74) is 7.32. The van der Waals surface area contributed by atoms with Crippen LogP contribution in [0.3, 0.4) is 0 Å². The molecule has 0 bridgehead atoms. The van der Waals surface area contributed by atoms with Gasteiger partial charge in [0, 0.05) is 32.6 Å². The van der Waals surface area contributed by atoms with Gasteiger partial charge in [0.2, 0.25) is 17.8 Å².